The zero-order valence-corrected chi connectivity index (χ0v) is 19.5. The molecule has 0 saturated carbocycles. The van der Waals surface area contributed by atoms with E-state index < -0.39 is 15.9 Å². The molecule has 4 rings (SSSR count). The highest BCUT2D eigenvalue weighted by Crippen LogP contribution is 2.26. The van der Waals surface area contributed by atoms with E-state index in [1.54, 1.807) is 18.2 Å². The normalized spacial score (nSPS) is 17.0. The molecule has 1 N–H and O–H groups in total. The van der Waals surface area contributed by atoms with Crippen LogP contribution in [0.5, 0.6) is 5.75 Å². The lowest BCUT2D eigenvalue weighted by Gasteiger charge is -2.30. The molecule has 0 unspecified atom stereocenters. The fraction of sp³-hybridized carbons (Fsp3) is 0.333. The number of benzene rings is 2. The number of nitrogens with one attached hydrogen (secondary N) is 1. The summed E-state index contributed by atoms with van der Waals surface area (Å²) in [6.45, 7) is 5.62. The summed E-state index contributed by atoms with van der Waals surface area (Å²) in [6.07, 6.45) is 1.91. The molecule has 9 heteroatoms. The summed E-state index contributed by atoms with van der Waals surface area (Å²) in [4.78, 5) is 12.8. The second-order valence-electron chi connectivity index (χ2n) is 8.12. The van der Waals surface area contributed by atoms with Crippen LogP contribution in [-0.2, 0) is 10.0 Å². The van der Waals surface area contributed by atoms with Crippen molar-refractivity contribution in [1.82, 2.24) is 9.46 Å². The zero-order valence-electron chi connectivity index (χ0n) is 18.7. The Kier molecular flexibility index (Phi) is 6.80. The number of aromatic nitrogens is 1. The SMILES string of the molecule is CCOc1ccc(-c2cc(C(=O)Nc3ccc(S(=O)(=O)N4CCC[C@H](C)C4)cc3)no2)cc1. The molecular weight excluding hydrogens is 442 g/mol. The summed E-state index contributed by atoms with van der Waals surface area (Å²) in [5.41, 5.74) is 1.36. The lowest BCUT2D eigenvalue weighted by atomic mass is 10.0. The zero-order chi connectivity index (χ0) is 23.4. The van der Waals surface area contributed by atoms with Gasteiger partial charge >= 0.3 is 0 Å². The van der Waals surface area contributed by atoms with Gasteiger partial charge in [0.2, 0.25) is 10.0 Å². The largest absolute Gasteiger partial charge is 0.494 e. The van der Waals surface area contributed by atoms with Gasteiger partial charge in [-0.2, -0.15) is 4.31 Å². The van der Waals surface area contributed by atoms with Gasteiger partial charge in [0.05, 0.1) is 11.5 Å². The fourth-order valence-electron chi connectivity index (χ4n) is 3.82. The second kappa shape index (κ2) is 9.76. The number of hydrogen-bond donors (Lipinski definition) is 1. The molecule has 2 aromatic carbocycles. The van der Waals surface area contributed by atoms with Crippen LogP contribution in [0.25, 0.3) is 11.3 Å². The van der Waals surface area contributed by atoms with E-state index in [4.69, 9.17) is 9.26 Å². The highest BCUT2D eigenvalue weighted by molar-refractivity contribution is 7.89. The van der Waals surface area contributed by atoms with E-state index in [1.807, 2.05) is 31.2 Å². The van der Waals surface area contributed by atoms with Crippen molar-refractivity contribution in [3.05, 3.63) is 60.3 Å². The van der Waals surface area contributed by atoms with Crippen LogP contribution >= 0.6 is 0 Å². The van der Waals surface area contributed by atoms with Crippen LogP contribution < -0.4 is 10.1 Å². The molecule has 174 valence electrons. The Labute approximate surface area is 193 Å². The Bertz CT molecular complexity index is 1200. The summed E-state index contributed by atoms with van der Waals surface area (Å²) >= 11 is 0. The van der Waals surface area contributed by atoms with E-state index in [0.29, 0.717) is 37.1 Å². The molecule has 33 heavy (non-hydrogen) atoms. The Morgan fingerprint density at radius 3 is 2.58 bits per heavy atom. The van der Waals surface area contributed by atoms with Crippen molar-refractivity contribution < 1.29 is 22.5 Å². The first-order valence-electron chi connectivity index (χ1n) is 11.0. The van der Waals surface area contributed by atoms with Crippen molar-refractivity contribution in [3.63, 3.8) is 0 Å². The molecule has 0 radical (unpaired) electrons. The maximum absolute atomic E-state index is 12.9. The highest BCUT2D eigenvalue weighted by atomic mass is 32.2. The standard InChI is InChI=1S/C24H27N3O5S/c1-3-31-20-10-6-18(7-11-20)23-15-22(26-32-23)24(28)25-19-8-12-21(13-9-19)33(29,30)27-14-4-5-17(2)16-27/h6-13,15,17H,3-5,14,16H2,1-2H3,(H,25,28)/t17-/m0/s1. The third-order valence-electron chi connectivity index (χ3n) is 5.56. The molecule has 3 aromatic rings. The summed E-state index contributed by atoms with van der Waals surface area (Å²) in [7, 11) is -3.54. The molecule has 1 aromatic heterocycles. The molecular formula is C24H27N3O5S. The van der Waals surface area contributed by atoms with E-state index in [1.165, 1.54) is 16.4 Å². The number of nitrogens with zero attached hydrogens (tertiary/aromatic N) is 2. The van der Waals surface area contributed by atoms with Gasteiger partial charge < -0.3 is 14.6 Å². The van der Waals surface area contributed by atoms with E-state index in [2.05, 4.69) is 17.4 Å². The van der Waals surface area contributed by atoms with Gasteiger partial charge in [0.15, 0.2) is 11.5 Å². The van der Waals surface area contributed by atoms with E-state index in [9.17, 15) is 13.2 Å². The number of sulfonamides is 1. The van der Waals surface area contributed by atoms with Gasteiger partial charge in [0, 0.05) is 30.4 Å². The molecule has 0 aliphatic carbocycles. The maximum Gasteiger partial charge on any atom is 0.277 e. The number of carbonyl (C=O) groups excluding carboxylic acids is 1. The maximum atomic E-state index is 12.9. The van der Waals surface area contributed by atoms with Crippen LogP contribution in [0.15, 0.2) is 64.0 Å². The lowest BCUT2D eigenvalue weighted by Crippen LogP contribution is -2.39. The summed E-state index contributed by atoms with van der Waals surface area (Å²) in [5.74, 6) is 1.11. The van der Waals surface area contributed by atoms with Gasteiger partial charge in [-0.3, -0.25) is 4.79 Å². The molecule has 8 nitrogen and oxygen atoms in total. The van der Waals surface area contributed by atoms with Crippen LogP contribution in [-0.4, -0.2) is 43.5 Å². The van der Waals surface area contributed by atoms with Crippen molar-refractivity contribution in [2.75, 3.05) is 25.0 Å². The van der Waals surface area contributed by atoms with Crippen molar-refractivity contribution >= 4 is 21.6 Å². The van der Waals surface area contributed by atoms with Crippen LogP contribution in [0.3, 0.4) is 0 Å². The van der Waals surface area contributed by atoms with Gasteiger partial charge in [-0.1, -0.05) is 12.1 Å². The quantitative estimate of drug-likeness (QED) is 0.550. The first kappa shape index (κ1) is 23.0. The predicted molar refractivity (Wildman–Crippen MR) is 125 cm³/mol. The van der Waals surface area contributed by atoms with E-state index >= 15 is 0 Å². The smallest absolute Gasteiger partial charge is 0.277 e. The minimum absolute atomic E-state index is 0.123. The first-order valence-corrected chi connectivity index (χ1v) is 12.4. The van der Waals surface area contributed by atoms with Crippen molar-refractivity contribution in [2.45, 2.75) is 31.6 Å². The van der Waals surface area contributed by atoms with Crippen molar-refractivity contribution in [2.24, 2.45) is 5.92 Å². The molecule has 1 aliphatic rings. The number of hydrogen-bond acceptors (Lipinski definition) is 6. The molecule has 0 spiro atoms. The van der Waals surface area contributed by atoms with Crippen molar-refractivity contribution in [3.8, 4) is 17.1 Å². The number of piperidine rings is 1. The Morgan fingerprint density at radius 1 is 1.18 bits per heavy atom. The first-order chi connectivity index (χ1) is 15.9. The topological polar surface area (TPSA) is 102 Å². The number of carbonyl (C=O) groups is 1. The van der Waals surface area contributed by atoms with E-state index in [-0.39, 0.29) is 10.6 Å². The van der Waals surface area contributed by atoms with Crippen LogP contribution in [0.1, 0.15) is 37.2 Å². The Morgan fingerprint density at radius 2 is 1.91 bits per heavy atom. The molecule has 1 atom stereocenters. The van der Waals surface area contributed by atoms with Gasteiger partial charge in [0.25, 0.3) is 5.91 Å². The second-order valence-corrected chi connectivity index (χ2v) is 10.1. The minimum atomic E-state index is -3.54. The molecule has 1 aliphatic heterocycles. The Balaban J connectivity index is 1.42. The number of ether oxygens (including phenoxy) is 1. The van der Waals surface area contributed by atoms with Crippen LogP contribution in [0, 0.1) is 5.92 Å². The predicted octanol–water partition coefficient (Wildman–Crippen LogP) is 4.41. The minimum Gasteiger partial charge on any atom is -0.494 e. The van der Waals surface area contributed by atoms with Crippen LogP contribution in [0.4, 0.5) is 5.69 Å². The molecule has 1 amide bonds. The Hall–Kier alpha value is -3.17. The van der Waals surface area contributed by atoms with Gasteiger partial charge in [0.1, 0.15) is 5.75 Å². The van der Waals surface area contributed by atoms with Crippen molar-refractivity contribution in [1.29, 1.82) is 0 Å². The fourth-order valence-corrected chi connectivity index (χ4v) is 5.42. The average molecular weight is 470 g/mol. The van der Waals surface area contributed by atoms with Gasteiger partial charge in [-0.25, -0.2) is 8.42 Å². The summed E-state index contributed by atoms with van der Waals surface area (Å²) in [6, 6.07) is 15.0. The third-order valence-corrected chi connectivity index (χ3v) is 7.44. The monoisotopic (exact) mass is 469 g/mol. The molecule has 2 heterocycles. The number of anilines is 1. The number of rotatable bonds is 7. The van der Waals surface area contributed by atoms with Crippen LogP contribution in [0.2, 0.25) is 0 Å². The van der Waals surface area contributed by atoms with Gasteiger partial charge in [-0.15, -0.1) is 0 Å². The molecule has 0 bridgehead atoms. The van der Waals surface area contributed by atoms with Gasteiger partial charge in [-0.05, 0) is 74.2 Å². The highest BCUT2D eigenvalue weighted by Gasteiger charge is 2.28. The molecule has 1 saturated heterocycles. The van der Waals surface area contributed by atoms with E-state index in [0.717, 1.165) is 24.2 Å². The lowest BCUT2D eigenvalue weighted by molar-refractivity contribution is 0.101. The average Bonchev–Trinajstić information content (AvgIpc) is 3.31. The third kappa shape index (κ3) is 5.26. The molecule has 1 fully saturated rings. The summed E-state index contributed by atoms with van der Waals surface area (Å²) in [5, 5.41) is 6.58. The summed E-state index contributed by atoms with van der Waals surface area (Å²) < 4.78 is 38.1. The number of amides is 1.